The van der Waals surface area contributed by atoms with E-state index < -0.39 is 12.0 Å². The lowest BCUT2D eigenvalue weighted by molar-refractivity contribution is 0.0994. The Morgan fingerprint density at radius 3 is 2.71 bits per heavy atom. The number of aliphatic hydroxyl groups excluding tert-OH is 1. The molecule has 0 bridgehead atoms. The number of benzene rings is 2. The Labute approximate surface area is 140 Å². The molecule has 0 spiro atoms. The summed E-state index contributed by atoms with van der Waals surface area (Å²) in [5, 5.41) is 12.6. The predicted molar refractivity (Wildman–Crippen MR) is 93.7 cm³/mol. The molecule has 1 amide bonds. The monoisotopic (exact) mass is 323 g/mol. The number of hydrogen-bond acceptors (Lipinski definition) is 3. The number of primary amides is 1. The third-order valence-corrected chi connectivity index (χ3v) is 4.38. The molecule has 1 heterocycles. The van der Waals surface area contributed by atoms with Gasteiger partial charge in [-0.05, 0) is 36.1 Å². The number of rotatable bonds is 6. The van der Waals surface area contributed by atoms with Crippen molar-refractivity contribution in [2.24, 2.45) is 5.73 Å². The molecule has 0 aliphatic carbocycles. The second-order valence-electron chi connectivity index (χ2n) is 6.06. The Kier molecular flexibility index (Phi) is 4.62. The van der Waals surface area contributed by atoms with Gasteiger partial charge < -0.3 is 15.4 Å². The van der Waals surface area contributed by atoms with Crippen LogP contribution in [0.25, 0.3) is 10.8 Å². The van der Waals surface area contributed by atoms with Gasteiger partial charge in [0.2, 0.25) is 0 Å². The number of nitrogens with two attached hydrogens (primary N) is 1. The van der Waals surface area contributed by atoms with Crippen molar-refractivity contribution >= 4 is 16.7 Å². The van der Waals surface area contributed by atoms with Crippen LogP contribution in [0.4, 0.5) is 0 Å². The first-order valence-electron chi connectivity index (χ1n) is 8.04. The number of aryl methyl sites for hydroxylation is 1. The van der Waals surface area contributed by atoms with Gasteiger partial charge in [0.1, 0.15) is 5.69 Å². The van der Waals surface area contributed by atoms with E-state index >= 15 is 0 Å². The van der Waals surface area contributed by atoms with E-state index in [4.69, 9.17) is 5.73 Å². The first kappa shape index (κ1) is 16.2. The fourth-order valence-corrected chi connectivity index (χ4v) is 3.10. The number of fused-ring (bicyclic) bond motifs is 1. The van der Waals surface area contributed by atoms with Crippen LogP contribution in [-0.4, -0.2) is 26.7 Å². The van der Waals surface area contributed by atoms with E-state index in [9.17, 15) is 9.90 Å². The quantitative estimate of drug-likeness (QED) is 0.732. The molecule has 0 fully saturated rings. The van der Waals surface area contributed by atoms with Crippen LogP contribution in [0.3, 0.4) is 0 Å². The molecule has 5 nitrogen and oxygen atoms in total. The first-order chi connectivity index (χ1) is 11.6. The average molecular weight is 323 g/mol. The van der Waals surface area contributed by atoms with E-state index in [2.05, 4.69) is 35.3 Å². The highest BCUT2D eigenvalue weighted by molar-refractivity contribution is 5.90. The second-order valence-corrected chi connectivity index (χ2v) is 6.06. The van der Waals surface area contributed by atoms with Gasteiger partial charge in [0.15, 0.2) is 0 Å². The highest BCUT2D eigenvalue weighted by Gasteiger charge is 2.19. The highest BCUT2D eigenvalue weighted by atomic mass is 16.3. The fraction of sp³-hybridized carbons (Fsp3) is 0.263. The van der Waals surface area contributed by atoms with Gasteiger partial charge in [0.05, 0.1) is 18.5 Å². The third kappa shape index (κ3) is 3.31. The summed E-state index contributed by atoms with van der Waals surface area (Å²) >= 11 is 0. The lowest BCUT2D eigenvalue weighted by atomic mass is 9.97. The number of aliphatic hydroxyl groups is 1. The zero-order valence-corrected chi connectivity index (χ0v) is 13.6. The van der Waals surface area contributed by atoms with E-state index in [1.807, 2.05) is 12.1 Å². The van der Waals surface area contributed by atoms with Crippen LogP contribution >= 0.6 is 0 Å². The van der Waals surface area contributed by atoms with Gasteiger partial charge in [-0.25, -0.2) is 4.98 Å². The normalized spacial score (nSPS) is 13.8. The maximum atomic E-state index is 11.2. The van der Waals surface area contributed by atoms with E-state index in [1.165, 1.54) is 16.3 Å². The summed E-state index contributed by atoms with van der Waals surface area (Å²) in [5.41, 5.74) is 6.71. The predicted octanol–water partition coefficient (Wildman–Crippen LogP) is 2.69. The topological polar surface area (TPSA) is 81.1 Å². The van der Waals surface area contributed by atoms with Crippen molar-refractivity contribution < 1.29 is 9.90 Å². The number of nitrogens with zero attached hydrogens (tertiary/aromatic N) is 2. The maximum Gasteiger partial charge on any atom is 0.268 e. The summed E-state index contributed by atoms with van der Waals surface area (Å²) in [6, 6.07) is 14.4. The van der Waals surface area contributed by atoms with Crippen molar-refractivity contribution in [3.63, 3.8) is 0 Å². The molecule has 0 aliphatic heterocycles. The molecule has 0 radical (unpaired) electrons. The van der Waals surface area contributed by atoms with Crippen LogP contribution in [-0.2, 0) is 6.42 Å². The van der Waals surface area contributed by atoms with Crippen molar-refractivity contribution in [1.82, 2.24) is 9.55 Å². The lowest BCUT2D eigenvalue weighted by Gasteiger charge is -2.21. The summed E-state index contributed by atoms with van der Waals surface area (Å²) in [4.78, 5) is 15.2. The van der Waals surface area contributed by atoms with E-state index in [0.29, 0.717) is 0 Å². The minimum Gasteiger partial charge on any atom is -0.391 e. The molecule has 24 heavy (non-hydrogen) atoms. The summed E-state index contributed by atoms with van der Waals surface area (Å²) < 4.78 is 1.77. The molecule has 5 heteroatoms. The number of carbonyl (C=O) groups excluding carboxylic acids is 1. The highest BCUT2D eigenvalue weighted by Crippen LogP contribution is 2.24. The van der Waals surface area contributed by atoms with Crippen molar-refractivity contribution in [1.29, 1.82) is 0 Å². The number of hydrogen-bond donors (Lipinski definition) is 2. The van der Waals surface area contributed by atoms with Gasteiger partial charge in [0.25, 0.3) is 5.91 Å². The summed E-state index contributed by atoms with van der Waals surface area (Å²) in [7, 11) is 0. The van der Waals surface area contributed by atoms with Crippen LogP contribution in [0.1, 0.15) is 35.4 Å². The van der Waals surface area contributed by atoms with Gasteiger partial charge in [-0.2, -0.15) is 0 Å². The molecule has 3 rings (SSSR count). The third-order valence-electron chi connectivity index (χ3n) is 4.38. The Morgan fingerprint density at radius 1 is 1.25 bits per heavy atom. The van der Waals surface area contributed by atoms with Crippen LogP contribution in [0.5, 0.6) is 0 Å². The van der Waals surface area contributed by atoms with Crippen LogP contribution < -0.4 is 5.73 Å². The summed E-state index contributed by atoms with van der Waals surface area (Å²) in [6.07, 6.45) is 4.15. The Morgan fingerprint density at radius 2 is 2.00 bits per heavy atom. The molecule has 3 aromatic rings. The van der Waals surface area contributed by atoms with Gasteiger partial charge in [0, 0.05) is 6.20 Å². The summed E-state index contributed by atoms with van der Waals surface area (Å²) in [5.74, 6) is -0.563. The Bertz CT molecular complexity index is 849. The van der Waals surface area contributed by atoms with Crippen LogP contribution in [0, 0.1) is 0 Å². The van der Waals surface area contributed by atoms with Gasteiger partial charge in [-0.15, -0.1) is 0 Å². The van der Waals surface area contributed by atoms with Crippen molar-refractivity contribution in [2.75, 3.05) is 0 Å². The molecule has 0 saturated carbocycles. The van der Waals surface area contributed by atoms with E-state index in [0.717, 1.165) is 12.8 Å². The Hall–Kier alpha value is -2.66. The second kappa shape index (κ2) is 6.84. The molecule has 0 saturated heterocycles. The van der Waals surface area contributed by atoms with Gasteiger partial charge >= 0.3 is 0 Å². The lowest BCUT2D eigenvalue weighted by Crippen LogP contribution is -2.21. The SMILES string of the molecule is C[C@H](O)[C@H](CCc1cccc2ccccc12)n1cnc(C(N)=O)c1. The maximum absolute atomic E-state index is 11.2. The largest absolute Gasteiger partial charge is 0.391 e. The number of aromatic nitrogens is 2. The van der Waals surface area contributed by atoms with Gasteiger partial charge in [-0.3, -0.25) is 4.79 Å². The van der Waals surface area contributed by atoms with Crippen LogP contribution in [0.2, 0.25) is 0 Å². The average Bonchev–Trinajstić information content (AvgIpc) is 3.05. The smallest absolute Gasteiger partial charge is 0.268 e. The van der Waals surface area contributed by atoms with Crippen molar-refractivity contribution in [3.05, 3.63) is 66.2 Å². The van der Waals surface area contributed by atoms with Crippen molar-refractivity contribution in [3.8, 4) is 0 Å². The van der Waals surface area contributed by atoms with Crippen molar-refractivity contribution in [2.45, 2.75) is 31.9 Å². The van der Waals surface area contributed by atoms with Crippen LogP contribution in [0.15, 0.2) is 55.0 Å². The molecule has 0 unspecified atom stereocenters. The zero-order valence-electron chi connectivity index (χ0n) is 13.6. The number of imidazole rings is 1. The van der Waals surface area contributed by atoms with Gasteiger partial charge in [-0.1, -0.05) is 42.5 Å². The molecular weight excluding hydrogens is 302 g/mol. The number of amides is 1. The zero-order chi connectivity index (χ0) is 17.1. The molecule has 124 valence electrons. The molecule has 0 aliphatic rings. The molecular formula is C19H21N3O2. The van der Waals surface area contributed by atoms with E-state index in [1.54, 1.807) is 24.0 Å². The fourth-order valence-electron chi connectivity index (χ4n) is 3.10. The molecule has 3 N–H and O–H groups in total. The summed E-state index contributed by atoms with van der Waals surface area (Å²) in [6.45, 7) is 1.75. The molecule has 2 atom stereocenters. The minimum absolute atomic E-state index is 0.162. The molecule has 2 aromatic carbocycles. The van der Waals surface area contributed by atoms with E-state index in [-0.39, 0.29) is 11.7 Å². The first-order valence-corrected chi connectivity index (χ1v) is 8.04. The molecule has 1 aromatic heterocycles. The standard InChI is InChI=1S/C19H21N3O2/c1-13(23)18(22-11-17(19(20)24)21-12-22)10-9-15-7-4-6-14-5-2-3-8-16(14)15/h2-8,11-13,18,23H,9-10H2,1H3,(H2,20,24)/t13-,18-/m0/s1. The number of carbonyl (C=O) groups is 1. The Balaban J connectivity index is 1.82. The minimum atomic E-state index is -0.563.